The van der Waals surface area contributed by atoms with Gasteiger partial charge >= 0.3 is 6.09 Å². The molecule has 0 N–H and O–H groups in total. The van der Waals surface area contributed by atoms with Crippen LogP contribution in [0.4, 0.5) is 10.5 Å². The van der Waals surface area contributed by atoms with Gasteiger partial charge < -0.3 is 19.3 Å². The number of nitrogens with zero attached hydrogens (tertiary/aromatic N) is 2. The van der Waals surface area contributed by atoms with Gasteiger partial charge in [-0.3, -0.25) is 0 Å². The van der Waals surface area contributed by atoms with Crippen molar-refractivity contribution in [3.05, 3.63) is 59.7 Å². The Hall–Kier alpha value is -2.69. The van der Waals surface area contributed by atoms with Gasteiger partial charge in [0.05, 0.1) is 13.7 Å². The highest BCUT2D eigenvalue weighted by Gasteiger charge is 2.22. The van der Waals surface area contributed by atoms with Crippen molar-refractivity contribution < 1.29 is 14.3 Å². The lowest BCUT2D eigenvalue weighted by molar-refractivity contribution is 0.101. The zero-order valence-electron chi connectivity index (χ0n) is 15.5. The highest BCUT2D eigenvalue weighted by molar-refractivity contribution is 5.68. The molecular weight excluding hydrogens is 328 g/mol. The number of ether oxygens (including phenoxy) is 2. The van der Waals surface area contributed by atoms with Crippen LogP contribution in [0, 0.1) is 6.92 Å². The second-order valence-electron chi connectivity index (χ2n) is 6.48. The zero-order valence-corrected chi connectivity index (χ0v) is 15.5. The Balaban J connectivity index is 1.44. The molecule has 0 spiro atoms. The Morgan fingerprint density at radius 1 is 1.04 bits per heavy atom. The van der Waals surface area contributed by atoms with E-state index in [9.17, 15) is 4.79 Å². The standard InChI is InChI=1S/C21H26N2O3/c1-17-6-3-4-9-20(17)22-11-13-23(14-12-22)21(24)26-15-10-18-7-5-8-19(16-18)25-2/h3-9,16H,10-15H2,1-2H3. The number of benzene rings is 2. The van der Waals surface area contributed by atoms with Gasteiger partial charge in [-0.25, -0.2) is 4.79 Å². The highest BCUT2D eigenvalue weighted by atomic mass is 16.6. The van der Waals surface area contributed by atoms with Gasteiger partial charge in [0.1, 0.15) is 5.75 Å². The van der Waals surface area contributed by atoms with Crippen molar-refractivity contribution in [2.75, 3.05) is 44.8 Å². The largest absolute Gasteiger partial charge is 0.497 e. The van der Waals surface area contributed by atoms with E-state index in [-0.39, 0.29) is 6.09 Å². The van der Waals surface area contributed by atoms with Crippen LogP contribution in [-0.4, -0.2) is 50.9 Å². The quantitative estimate of drug-likeness (QED) is 0.824. The molecule has 138 valence electrons. The van der Waals surface area contributed by atoms with Gasteiger partial charge in [-0.1, -0.05) is 30.3 Å². The first-order valence-electron chi connectivity index (χ1n) is 9.02. The first-order chi connectivity index (χ1) is 12.7. The number of piperazine rings is 1. The third-order valence-electron chi connectivity index (χ3n) is 4.74. The lowest BCUT2D eigenvalue weighted by Gasteiger charge is -2.36. The molecule has 1 aliphatic rings. The summed E-state index contributed by atoms with van der Waals surface area (Å²) in [5, 5.41) is 0. The maximum absolute atomic E-state index is 12.3. The number of anilines is 1. The summed E-state index contributed by atoms with van der Waals surface area (Å²) in [6.45, 7) is 5.53. The molecule has 2 aromatic rings. The molecule has 0 atom stereocenters. The lowest BCUT2D eigenvalue weighted by Crippen LogP contribution is -2.49. The lowest BCUT2D eigenvalue weighted by atomic mass is 10.1. The smallest absolute Gasteiger partial charge is 0.409 e. The third kappa shape index (κ3) is 4.48. The fourth-order valence-electron chi connectivity index (χ4n) is 3.22. The number of amides is 1. The van der Waals surface area contributed by atoms with E-state index >= 15 is 0 Å². The first-order valence-corrected chi connectivity index (χ1v) is 9.02. The molecule has 1 heterocycles. The van der Waals surface area contributed by atoms with Crippen molar-refractivity contribution in [1.29, 1.82) is 0 Å². The Morgan fingerprint density at radius 3 is 2.54 bits per heavy atom. The van der Waals surface area contributed by atoms with Crippen LogP contribution in [0.15, 0.2) is 48.5 Å². The van der Waals surface area contributed by atoms with Gasteiger partial charge in [0.15, 0.2) is 0 Å². The van der Waals surface area contributed by atoms with Crippen molar-refractivity contribution in [2.45, 2.75) is 13.3 Å². The molecule has 3 rings (SSSR count). The molecule has 26 heavy (non-hydrogen) atoms. The maximum Gasteiger partial charge on any atom is 0.409 e. The molecule has 1 amide bonds. The van der Waals surface area contributed by atoms with Gasteiger partial charge in [0.25, 0.3) is 0 Å². The summed E-state index contributed by atoms with van der Waals surface area (Å²) in [7, 11) is 1.65. The number of methoxy groups -OCH3 is 1. The Labute approximate surface area is 155 Å². The molecule has 0 aliphatic carbocycles. The van der Waals surface area contributed by atoms with E-state index in [2.05, 4.69) is 36.1 Å². The second kappa shape index (κ2) is 8.61. The molecule has 1 aliphatic heterocycles. The van der Waals surface area contributed by atoms with Crippen molar-refractivity contribution in [1.82, 2.24) is 4.90 Å². The van der Waals surface area contributed by atoms with Crippen molar-refractivity contribution in [2.24, 2.45) is 0 Å². The number of aryl methyl sites for hydroxylation is 1. The topological polar surface area (TPSA) is 42.0 Å². The van der Waals surface area contributed by atoms with E-state index in [0.717, 1.165) is 24.4 Å². The van der Waals surface area contributed by atoms with E-state index < -0.39 is 0 Å². The van der Waals surface area contributed by atoms with Crippen molar-refractivity contribution in [3.63, 3.8) is 0 Å². The predicted octanol–water partition coefficient (Wildman–Crippen LogP) is 3.50. The number of hydrogen-bond acceptors (Lipinski definition) is 4. The first kappa shape index (κ1) is 18.1. The molecule has 0 saturated carbocycles. The highest BCUT2D eigenvalue weighted by Crippen LogP contribution is 2.21. The minimum Gasteiger partial charge on any atom is -0.497 e. The number of para-hydroxylation sites is 1. The van der Waals surface area contributed by atoms with Gasteiger partial charge in [0, 0.05) is 38.3 Å². The molecule has 0 unspecified atom stereocenters. The van der Waals surface area contributed by atoms with Crippen molar-refractivity contribution >= 4 is 11.8 Å². The Morgan fingerprint density at radius 2 is 1.81 bits per heavy atom. The predicted molar refractivity (Wildman–Crippen MR) is 103 cm³/mol. The summed E-state index contributed by atoms with van der Waals surface area (Å²) in [4.78, 5) is 16.4. The molecule has 0 bridgehead atoms. The van der Waals surface area contributed by atoms with Crippen LogP contribution in [0.1, 0.15) is 11.1 Å². The Kier molecular flexibility index (Phi) is 6.00. The van der Waals surface area contributed by atoms with Crippen LogP contribution >= 0.6 is 0 Å². The van der Waals surface area contributed by atoms with Crippen LogP contribution in [0.25, 0.3) is 0 Å². The average molecular weight is 354 g/mol. The van der Waals surface area contributed by atoms with Crippen LogP contribution in [0.3, 0.4) is 0 Å². The van der Waals surface area contributed by atoms with Gasteiger partial charge in [0.2, 0.25) is 0 Å². The average Bonchev–Trinajstić information content (AvgIpc) is 2.68. The summed E-state index contributed by atoms with van der Waals surface area (Å²) in [6.07, 6.45) is 0.462. The van der Waals surface area contributed by atoms with Crippen LogP contribution < -0.4 is 9.64 Å². The zero-order chi connectivity index (χ0) is 18.4. The third-order valence-corrected chi connectivity index (χ3v) is 4.74. The monoisotopic (exact) mass is 354 g/mol. The van der Waals surface area contributed by atoms with Crippen LogP contribution in [0.5, 0.6) is 5.75 Å². The second-order valence-corrected chi connectivity index (χ2v) is 6.48. The fourth-order valence-corrected chi connectivity index (χ4v) is 3.22. The minimum atomic E-state index is -0.225. The summed E-state index contributed by atoms with van der Waals surface area (Å²) in [5.41, 5.74) is 3.61. The minimum absolute atomic E-state index is 0.225. The molecule has 5 heteroatoms. The normalized spacial score (nSPS) is 14.2. The molecule has 1 fully saturated rings. The van der Waals surface area contributed by atoms with Gasteiger partial charge in [-0.2, -0.15) is 0 Å². The summed E-state index contributed by atoms with van der Waals surface area (Å²) in [5.74, 6) is 0.821. The molecule has 0 aromatic heterocycles. The molecular formula is C21H26N2O3. The van der Waals surface area contributed by atoms with E-state index in [1.54, 1.807) is 12.0 Å². The fraction of sp³-hybridized carbons (Fsp3) is 0.381. The molecule has 2 aromatic carbocycles. The Bertz CT molecular complexity index is 740. The molecule has 1 saturated heterocycles. The molecule has 5 nitrogen and oxygen atoms in total. The number of rotatable bonds is 5. The summed E-state index contributed by atoms with van der Waals surface area (Å²) < 4.78 is 10.7. The van der Waals surface area contributed by atoms with E-state index in [0.29, 0.717) is 26.1 Å². The summed E-state index contributed by atoms with van der Waals surface area (Å²) in [6, 6.07) is 16.2. The molecule has 0 radical (unpaired) electrons. The van der Waals surface area contributed by atoms with E-state index in [4.69, 9.17) is 9.47 Å². The van der Waals surface area contributed by atoms with E-state index in [1.165, 1.54) is 11.3 Å². The summed E-state index contributed by atoms with van der Waals surface area (Å²) >= 11 is 0. The van der Waals surface area contributed by atoms with Crippen molar-refractivity contribution in [3.8, 4) is 5.75 Å². The number of hydrogen-bond donors (Lipinski definition) is 0. The van der Waals surface area contributed by atoms with Gasteiger partial charge in [-0.15, -0.1) is 0 Å². The van der Waals surface area contributed by atoms with E-state index in [1.807, 2.05) is 24.3 Å². The SMILES string of the molecule is COc1cccc(CCOC(=O)N2CCN(c3ccccc3C)CC2)c1. The van der Waals surface area contributed by atoms with Crippen LogP contribution in [0.2, 0.25) is 0 Å². The van der Waals surface area contributed by atoms with Gasteiger partial charge in [-0.05, 0) is 36.2 Å². The number of carbonyl (C=O) groups is 1. The maximum atomic E-state index is 12.3. The number of carbonyl (C=O) groups excluding carboxylic acids is 1. The van der Waals surface area contributed by atoms with Crippen LogP contribution in [-0.2, 0) is 11.2 Å².